The van der Waals surface area contributed by atoms with E-state index in [4.69, 9.17) is 0 Å². The van der Waals surface area contributed by atoms with Crippen LogP contribution < -0.4 is 0 Å². The van der Waals surface area contributed by atoms with Crippen LogP contribution >= 0.6 is 0 Å². The third kappa shape index (κ3) is 2.94. The Bertz CT molecular complexity index is 1820. The van der Waals surface area contributed by atoms with Gasteiger partial charge in [-0.05, 0) is 84.6 Å². The first-order valence-electron chi connectivity index (χ1n) is 12.8. The Balaban J connectivity index is 1.46. The van der Waals surface area contributed by atoms with E-state index in [-0.39, 0.29) is 5.41 Å². The fourth-order valence-electron chi connectivity index (χ4n) is 6.38. The van der Waals surface area contributed by atoms with E-state index in [0.29, 0.717) is 0 Å². The van der Waals surface area contributed by atoms with Gasteiger partial charge in [0.25, 0.3) is 0 Å². The van der Waals surface area contributed by atoms with Crippen molar-refractivity contribution in [2.45, 2.75) is 26.2 Å². The molecule has 0 N–H and O–H groups in total. The molecule has 6 aromatic carbocycles. The van der Waals surface area contributed by atoms with Gasteiger partial charge in [0.2, 0.25) is 0 Å². The van der Waals surface area contributed by atoms with Crippen molar-refractivity contribution in [1.82, 2.24) is 0 Å². The maximum Gasteiger partial charge on any atom is 0.0159 e. The second-order valence-corrected chi connectivity index (χ2v) is 10.6. The molecule has 0 fully saturated rings. The van der Waals surface area contributed by atoms with E-state index >= 15 is 0 Å². The largest absolute Gasteiger partial charge is 0.0619 e. The summed E-state index contributed by atoms with van der Waals surface area (Å²) in [7, 11) is 0. The number of hydrogen-bond acceptors (Lipinski definition) is 0. The summed E-state index contributed by atoms with van der Waals surface area (Å²) in [5, 5.41) is 5.20. The molecule has 0 nitrogen and oxygen atoms in total. The smallest absolute Gasteiger partial charge is 0.0159 e. The minimum Gasteiger partial charge on any atom is -0.0619 e. The Hall–Kier alpha value is -4.16. The minimum atomic E-state index is -0.00223. The lowest BCUT2D eigenvalue weighted by molar-refractivity contribution is 0.660. The summed E-state index contributed by atoms with van der Waals surface area (Å²) in [5.41, 5.74) is 12.1. The highest BCUT2D eigenvalue weighted by Gasteiger charge is 2.35. The fraction of sp³-hybridized carbons (Fsp3) is 0.111. The van der Waals surface area contributed by atoms with Crippen molar-refractivity contribution in [3.05, 3.63) is 132 Å². The van der Waals surface area contributed by atoms with E-state index in [0.717, 1.165) is 0 Å². The van der Waals surface area contributed by atoms with Gasteiger partial charge in [-0.25, -0.2) is 0 Å². The Kier molecular flexibility index (Phi) is 4.51. The van der Waals surface area contributed by atoms with Gasteiger partial charge in [0.05, 0.1) is 0 Å². The maximum absolute atomic E-state index is 2.43. The standard InChI is InChI=1S/C36H28/c1-23-16-17-24-10-4-5-11-27(24)35(23)32-21-20-26(28-12-6-7-13-29(28)32)25-18-19-31-30-14-8-9-15-33(30)36(2,3)34(31)22-25/h4-22H,1-3H3. The van der Waals surface area contributed by atoms with E-state index in [9.17, 15) is 0 Å². The van der Waals surface area contributed by atoms with Crippen molar-refractivity contribution in [1.29, 1.82) is 0 Å². The summed E-state index contributed by atoms with van der Waals surface area (Å²) in [4.78, 5) is 0. The number of rotatable bonds is 2. The van der Waals surface area contributed by atoms with Crippen molar-refractivity contribution in [2.24, 2.45) is 0 Å². The van der Waals surface area contributed by atoms with Gasteiger partial charge in [-0.3, -0.25) is 0 Å². The second kappa shape index (κ2) is 7.67. The Morgan fingerprint density at radius 2 is 1.08 bits per heavy atom. The number of benzene rings is 6. The molecule has 0 heterocycles. The lowest BCUT2D eigenvalue weighted by Crippen LogP contribution is -2.14. The molecule has 7 rings (SSSR count). The maximum atomic E-state index is 2.43. The van der Waals surface area contributed by atoms with Crippen LogP contribution in [0.3, 0.4) is 0 Å². The molecule has 172 valence electrons. The zero-order chi connectivity index (χ0) is 24.4. The molecule has 0 aliphatic heterocycles. The van der Waals surface area contributed by atoms with E-state index in [2.05, 4.69) is 136 Å². The monoisotopic (exact) mass is 460 g/mol. The molecule has 0 radical (unpaired) electrons. The zero-order valence-electron chi connectivity index (χ0n) is 21.0. The molecule has 6 aromatic rings. The van der Waals surface area contributed by atoms with Crippen molar-refractivity contribution in [3.63, 3.8) is 0 Å². The van der Waals surface area contributed by atoms with Gasteiger partial charge in [-0.2, -0.15) is 0 Å². The van der Waals surface area contributed by atoms with Crippen LogP contribution in [0.4, 0.5) is 0 Å². The first kappa shape index (κ1) is 21.1. The normalized spacial score (nSPS) is 13.6. The first-order valence-corrected chi connectivity index (χ1v) is 12.8. The Labute approximate surface area is 212 Å². The molecule has 0 saturated heterocycles. The molecule has 1 aliphatic rings. The summed E-state index contributed by atoms with van der Waals surface area (Å²) in [6.07, 6.45) is 0. The van der Waals surface area contributed by atoms with Gasteiger partial charge in [0.1, 0.15) is 0 Å². The van der Waals surface area contributed by atoms with Gasteiger partial charge in [0.15, 0.2) is 0 Å². The fourth-order valence-corrected chi connectivity index (χ4v) is 6.38. The van der Waals surface area contributed by atoms with Crippen molar-refractivity contribution in [3.8, 4) is 33.4 Å². The van der Waals surface area contributed by atoms with Crippen LogP contribution in [0.15, 0.2) is 115 Å². The van der Waals surface area contributed by atoms with E-state index in [1.807, 2.05) is 0 Å². The number of fused-ring (bicyclic) bond motifs is 5. The zero-order valence-corrected chi connectivity index (χ0v) is 21.0. The Morgan fingerprint density at radius 3 is 1.92 bits per heavy atom. The lowest BCUT2D eigenvalue weighted by atomic mass is 9.81. The number of hydrogen-bond donors (Lipinski definition) is 0. The summed E-state index contributed by atoms with van der Waals surface area (Å²) >= 11 is 0. The first-order chi connectivity index (χ1) is 17.5. The van der Waals surface area contributed by atoms with Crippen LogP contribution in [-0.2, 0) is 5.41 Å². The molecule has 0 unspecified atom stereocenters. The average molecular weight is 461 g/mol. The van der Waals surface area contributed by atoms with Crippen LogP contribution in [0.1, 0.15) is 30.5 Å². The van der Waals surface area contributed by atoms with Crippen molar-refractivity contribution in [2.75, 3.05) is 0 Å². The second-order valence-electron chi connectivity index (χ2n) is 10.6. The molecule has 36 heavy (non-hydrogen) atoms. The molecule has 0 atom stereocenters. The molecule has 0 heteroatoms. The summed E-state index contributed by atoms with van der Waals surface area (Å²) in [6.45, 7) is 6.93. The number of aryl methyl sites for hydroxylation is 1. The molecular formula is C36H28. The molecule has 0 bridgehead atoms. The SMILES string of the molecule is Cc1ccc2ccccc2c1-c1ccc(-c2ccc3c(c2)C(C)(C)c2ccccc2-3)c2ccccc12. The van der Waals surface area contributed by atoms with Gasteiger partial charge < -0.3 is 0 Å². The molecule has 1 aliphatic carbocycles. The molecule has 0 aromatic heterocycles. The van der Waals surface area contributed by atoms with Crippen LogP contribution in [0.5, 0.6) is 0 Å². The minimum absolute atomic E-state index is 0.00223. The van der Waals surface area contributed by atoms with Crippen LogP contribution in [0.25, 0.3) is 54.9 Å². The summed E-state index contributed by atoms with van der Waals surface area (Å²) in [5.74, 6) is 0. The van der Waals surface area contributed by atoms with E-state index in [1.54, 1.807) is 0 Å². The van der Waals surface area contributed by atoms with Crippen LogP contribution in [-0.4, -0.2) is 0 Å². The summed E-state index contributed by atoms with van der Waals surface area (Å²) < 4.78 is 0. The molecular weight excluding hydrogens is 432 g/mol. The topological polar surface area (TPSA) is 0 Å². The molecule has 0 amide bonds. The highest BCUT2D eigenvalue weighted by Crippen LogP contribution is 2.50. The Morgan fingerprint density at radius 1 is 0.472 bits per heavy atom. The quantitative estimate of drug-likeness (QED) is 0.241. The predicted molar refractivity (Wildman–Crippen MR) is 155 cm³/mol. The van der Waals surface area contributed by atoms with Gasteiger partial charge in [-0.1, -0.05) is 123 Å². The van der Waals surface area contributed by atoms with E-state index in [1.165, 1.54) is 71.6 Å². The lowest BCUT2D eigenvalue weighted by Gasteiger charge is -2.22. The third-order valence-corrected chi connectivity index (χ3v) is 8.23. The molecule has 0 saturated carbocycles. The highest BCUT2D eigenvalue weighted by molar-refractivity contribution is 6.10. The third-order valence-electron chi connectivity index (χ3n) is 8.23. The van der Waals surface area contributed by atoms with Crippen LogP contribution in [0.2, 0.25) is 0 Å². The van der Waals surface area contributed by atoms with E-state index < -0.39 is 0 Å². The van der Waals surface area contributed by atoms with Crippen molar-refractivity contribution >= 4 is 21.5 Å². The molecule has 0 spiro atoms. The van der Waals surface area contributed by atoms with Gasteiger partial charge in [0, 0.05) is 5.41 Å². The van der Waals surface area contributed by atoms with Crippen LogP contribution in [0, 0.1) is 6.92 Å². The van der Waals surface area contributed by atoms with Gasteiger partial charge >= 0.3 is 0 Å². The van der Waals surface area contributed by atoms with Crippen molar-refractivity contribution < 1.29 is 0 Å². The van der Waals surface area contributed by atoms with Gasteiger partial charge in [-0.15, -0.1) is 0 Å². The highest BCUT2D eigenvalue weighted by atomic mass is 14.4. The average Bonchev–Trinajstić information content (AvgIpc) is 3.14. The predicted octanol–water partition coefficient (Wildman–Crippen LogP) is 9.94. The summed E-state index contributed by atoms with van der Waals surface area (Å²) in [6, 6.07) is 42.7.